The third-order valence-corrected chi connectivity index (χ3v) is 4.83. The molecule has 35 heavy (non-hydrogen) atoms. The number of carbonyl (C=O) groups excluding carboxylic acids is 3. The summed E-state index contributed by atoms with van der Waals surface area (Å²) in [6, 6.07) is 21.6. The number of nitrogens with zero attached hydrogens (tertiary/aromatic N) is 4. The number of aromatic nitrogens is 2. The number of pyridine rings is 2. The number of esters is 1. The van der Waals surface area contributed by atoms with Crippen molar-refractivity contribution in [3.63, 3.8) is 0 Å². The van der Waals surface area contributed by atoms with Gasteiger partial charge in [0, 0.05) is 12.4 Å². The molecule has 4 aromatic rings. The van der Waals surface area contributed by atoms with Gasteiger partial charge in [-0.1, -0.05) is 48.5 Å². The number of carbonyl (C=O) groups is 3. The Bertz CT molecular complexity index is 1350. The van der Waals surface area contributed by atoms with E-state index in [1.54, 1.807) is 72.8 Å². The fourth-order valence-electron chi connectivity index (χ4n) is 3.21. The molecule has 0 bridgehead atoms. The minimum absolute atomic E-state index is 0. The van der Waals surface area contributed by atoms with Crippen LogP contribution in [0.15, 0.2) is 91.3 Å². The van der Waals surface area contributed by atoms with Crippen LogP contribution in [0.4, 0.5) is 11.4 Å². The Hall–Kier alpha value is -4.33. The van der Waals surface area contributed by atoms with E-state index in [1.165, 1.54) is 25.6 Å². The van der Waals surface area contributed by atoms with Crippen LogP contribution in [0.25, 0.3) is 21.8 Å². The number of ether oxygens (including phenoxy) is 1. The monoisotopic (exact) mass is 505 g/mol. The van der Waals surface area contributed by atoms with E-state index in [9.17, 15) is 14.4 Å². The first-order valence-electron chi connectivity index (χ1n) is 10.2. The quantitative estimate of drug-likeness (QED) is 0.248. The van der Waals surface area contributed by atoms with Gasteiger partial charge in [0.15, 0.2) is 0 Å². The van der Waals surface area contributed by atoms with E-state index >= 15 is 0 Å². The maximum atomic E-state index is 12.7. The zero-order valence-corrected chi connectivity index (χ0v) is 19.6. The molecule has 0 fully saturated rings. The first-order chi connectivity index (χ1) is 16.6. The second kappa shape index (κ2) is 11.7. The number of rotatable bonds is 6. The van der Waals surface area contributed by atoms with Crippen LogP contribution >= 0.6 is 0 Å². The second-order valence-corrected chi connectivity index (χ2v) is 7.00. The summed E-state index contributed by atoms with van der Waals surface area (Å²) in [5.41, 5.74) is 2.16. The Morgan fingerprint density at radius 1 is 0.714 bits per heavy atom. The predicted molar refractivity (Wildman–Crippen MR) is 126 cm³/mol. The fraction of sp³-hybridized carbons (Fsp3) is 0.0385. The molecule has 0 saturated carbocycles. The molecule has 173 valence electrons. The molecule has 2 heterocycles. The molecule has 9 heteroatoms. The number of benzene rings is 2. The van der Waals surface area contributed by atoms with Crippen molar-refractivity contribution in [3.8, 4) is 11.1 Å². The summed E-state index contributed by atoms with van der Waals surface area (Å²) in [5, 5.41) is 8.30. The van der Waals surface area contributed by atoms with Crippen molar-refractivity contribution in [1.29, 1.82) is 0 Å². The number of hydrogen-bond donors (Lipinski definition) is 0. The summed E-state index contributed by atoms with van der Waals surface area (Å²) in [5.74, 6) is -1.68. The average molecular weight is 505 g/mol. The average Bonchev–Trinajstić information content (AvgIpc) is 2.90. The summed E-state index contributed by atoms with van der Waals surface area (Å²) < 4.78 is 4.88. The van der Waals surface area contributed by atoms with Crippen molar-refractivity contribution in [2.75, 3.05) is 7.11 Å². The van der Waals surface area contributed by atoms with E-state index in [1.807, 2.05) is 0 Å². The Morgan fingerprint density at radius 2 is 1.29 bits per heavy atom. The molecule has 0 aliphatic rings. The summed E-state index contributed by atoms with van der Waals surface area (Å²) in [7, 11) is 1.30. The Balaban J connectivity index is 0.00000342. The number of methoxy groups -OCH3 is 1. The minimum atomic E-state index is -0.597. The molecule has 0 saturated heterocycles. The molecule has 0 aliphatic carbocycles. The molecule has 4 rings (SSSR count). The minimum Gasteiger partial charge on any atom is -0.622 e. The van der Waals surface area contributed by atoms with Gasteiger partial charge >= 0.3 is 23.0 Å². The van der Waals surface area contributed by atoms with E-state index in [0.717, 1.165) is 0 Å². The number of amides is 2. The molecule has 0 N–H and O–H groups in total. The van der Waals surface area contributed by atoms with Gasteiger partial charge in [0.1, 0.15) is 11.8 Å². The smallest absolute Gasteiger partial charge is 0.622 e. The maximum Gasteiger partial charge on any atom is 2.00 e. The predicted octanol–water partition coefficient (Wildman–Crippen LogP) is 5.62. The summed E-state index contributed by atoms with van der Waals surface area (Å²) in [4.78, 5) is 45.7. The molecule has 0 unspecified atom stereocenters. The molecular formula is C26H18MnN4O4. The zero-order chi connectivity index (χ0) is 23.9. The largest absolute Gasteiger partial charge is 2.00 e. The van der Waals surface area contributed by atoms with Gasteiger partial charge in [-0.15, -0.1) is 11.4 Å². The zero-order valence-electron chi connectivity index (χ0n) is 18.5. The molecule has 0 atom stereocenters. The van der Waals surface area contributed by atoms with Crippen molar-refractivity contribution in [2.45, 2.75) is 0 Å². The molecule has 0 aliphatic heterocycles. The van der Waals surface area contributed by atoms with Gasteiger partial charge < -0.3 is 25.0 Å². The van der Waals surface area contributed by atoms with Crippen LogP contribution in [-0.2, 0) is 21.8 Å². The van der Waals surface area contributed by atoms with Crippen LogP contribution in [0.2, 0.25) is 0 Å². The molecule has 2 aromatic carbocycles. The Kier molecular flexibility index (Phi) is 8.45. The van der Waals surface area contributed by atoms with Gasteiger partial charge in [0.2, 0.25) is 0 Å². The van der Waals surface area contributed by atoms with Gasteiger partial charge in [-0.25, -0.2) is 4.79 Å². The van der Waals surface area contributed by atoms with Crippen LogP contribution < -0.4 is 0 Å². The molecule has 0 spiro atoms. The van der Waals surface area contributed by atoms with Crippen molar-refractivity contribution in [2.24, 2.45) is 0 Å². The van der Waals surface area contributed by atoms with Crippen LogP contribution in [0.5, 0.6) is 0 Å². The first kappa shape index (κ1) is 25.3. The summed E-state index contributed by atoms with van der Waals surface area (Å²) in [6.45, 7) is 0. The molecule has 2 amide bonds. The van der Waals surface area contributed by atoms with Crippen LogP contribution in [0.1, 0.15) is 31.3 Å². The standard InChI is InChI=1S/C26H20N4O4.Mn/c1-34-26(33)19-9-3-2-8-18(19)17-12-13-20(29-24(31)21-10-4-6-14-27-21)23(16-17)30-25(32)22-11-5-7-15-28-22;/h2-16H,1H3,(H2,27,28,29,30,31,32,33);/q;+2/p-2. The van der Waals surface area contributed by atoms with E-state index < -0.39 is 17.8 Å². The van der Waals surface area contributed by atoms with E-state index in [0.29, 0.717) is 16.7 Å². The summed E-state index contributed by atoms with van der Waals surface area (Å²) >= 11 is 0. The molecular weight excluding hydrogens is 487 g/mol. The number of hydrogen-bond acceptors (Lipinski definition) is 6. The molecule has 2 aromatic heterocycles. The first-order valence-corrected chi connectivity index (χ1v) is 10.2. The van der Waals surface area contributed by atoms with Gasteiger partial charge in [-0.2, -0.15) is 0 Å². The van der Waals surface area contributed by atoms with Crippen molar-refractivity contribution < 1.29 is 36.2 Å². The maximum absolute atomic E-state index is 12.7. The van der Waals surface area contributed by atoms with Gasteiger partial charge in [0.25, 0.3) is 0 Å². The van der Waals surface area contributed by atoms with Gasteiger partial charge in [-0.3, -0.25) is 9.97 Å². The third kappa shape index (κ3) is 5.97. The van der Waals surface area contributed by atoms with Crippen molar-refractivity contribution in [1.82, 2.24) is 9.97 Å². The normalized spacial score (nSPS) is 9.97. The van der Waals surface area contributed by atoms with Gasteiger partial charge in [0.05, 0.1) is 24.1 Å². The topological polar surface area (TPSA) is 114 Å². The summed E-state index contributed by atoms with van der Waals surface area (Å²) in [6.07, 6.45) is 2.98. The van der Waals surface area contributed by atoms with Crippen molar-refractivity contribution >= 4 is 29.2 Å². The third-order valence-electron chi connectivity index (χ3n) is 4.83. The van der Waals surface area contributed by atoms with E-state index in [-0.39, 0.29) is 39.8 Å². The second-order valence-electron chi connectivity index (χ2n) is 7.00. The van der Waals surface area contributed by atoms with E-state index in [2.05, 4.69) is 20.6 Å². The molecule has 8 nitrogen and oxygen atoms in total. The Morgan fingerprint density at radius 3 is 1.86 bits per heavy atom. The van der Waals surface area contributed by atoms with Gasteiger partial charge in [-0.05, 0) is 41.5 Å². The fourth-order valence-corrected chi connectivity index (χ4v) is 3.21. The molecule has 1 radical (unpaired) electrons. The van der Waals surface area contributed by atoms with Crippen LogP contribution in [-0.4, -0.2) is 34.9 Å². The van der Waals surface area contributed by atoms with Crippen LogP contribution in [0.3, 0.4) is 0 Å². The Labute approximate surface area is 212 Å². The van der Waals surface area contributed by atoms with Crippen molar-refractivity contribution in [3.05, 3.63) is 119 Å². The van der Waals surface area contributed by atoms with E-state index in [4.69, 9.17) is 4.74 Å². The SMILES string of the molecule is COC(=O)c1ccccc1-c1ccc([N-]C(=O)c2ccccn2)c([N-]C(=O)c2ccccn2)c1.[Mn+2]. The van der Waals surface area contributed by atoms with Crippen LogP contribution in [0, 0.1) is 0 Å².